The second-order valence-corrected chi connectivity index (χ2v) is 4.32. The molecule has 1 aliphatic heterocycles. The van der Waals surface area contributed by atoms with E-state index < -0.39 is 0 Å². The van der Waals surface area contributed by atoms with Crippen molar-refractivity contribution in [2.24, 2.45) is 0 Å². The van der Waals surface area contributed by atoms with E-state index in [9.17, 15) is 9.90 Å². The summed E-state index contributed by atoms with van der Waals surface area (Å²) in [7, 11) is 0. The predicted octanol–water partition coefficient (Wildman–Crippen LogP) is 1.94. The zero-order valence-corrected chi connectivity index (χ0v) is 9.71. The Morgan fingerprint density at radius 2 is 2.17 bits per heavy atom. The Balaban J connectivity index is 1.84. The van der Waals surface area contributed by atoms with Gasteiger partial charge < -0.3 is 10.0 Å². The normalized spacial score (nSPS) is 13.8. The van der Waals surface area contributed by atoms with Gasteiger partial charge in [0.2, 0.25) is 0 Å². The van der Waals surface area contributed by atoms with Gasteiger partial charge in [0.05, 0.1) is 12.2 Å². The first-order chi connectivity index (χ1) is 8.74. The molecule has 0 radical (unpaired) electrons. The van der Waals surface area contributed by atoms with Gasteiger partial charge in [-0.3, -0.25) is 9.78 Å². The molecular weight excluding hydrogens is 228 g/mol. The zero-order valence-electron chi connectivity index (χ0n) is 9.71. The van der Waals surface area contributed by atoms with Gasteiger partial charge in [-0.05, 0) is 35.9 Å². The summed E-state index contributed by atoms with van der Waals surface area (Å²) in [5.41, 5.74) is 2.41. The van der Waals surface area contributed by atoms with E-state index in [4.69, 9.17) is 0 Å². The molecule has 90 valence electrons. The van der Waals surface area contributed by atoms with Crippen LogP contribution in [0.15, 0.2) is 42.6 Å². The molecule has 0 unspecified atom stereocenters. The molecule has 4 nitrogen and oxygen atoms in total. The van der Waals surface area contributed by atoms with E-state index in [-0.39, 0.29) is 11.7 Å². The van der Waals surface area contributed by atoms with Crippen LogP contribution in [0.5, 0.6) is 5.75 Å². The van der Waals surface area contributed by atoms with Gasteiger partial charge in [0.15, 0.2) is 0 Å². The lowest BCUT2D eigenvalue weighted by Gasteiger charge is -2.14. The monoisotopic (exact) mass is 240 g/mol. The number of hydrogen-bond acceptors (Lipinski definition) is 3. The number of amides is 1. The number of rotatable bonds is 2. The number of nitrogens with zero attached hydrogens (tertiary/aromatic N) is 2. The summed E-state index contributed by atoms with van der Waals surface area (Å²) in [6.45, 7) is 1.02. The molecule has 0 aliphatic carbocycles. The summed E-state index contributed by atoms with van der Waals surface area (Å²) in [5, 5.41) is 9.42. The highest BCUT2D eigenvalue weighted by atomic mass is 16.3. The van der Waals surface area contributed by atoms with Crippen LogP contribution < -0.4 is 0 Å². The summed E-state index contributed by atoms with van der Waals surface area (Å²) in [6.07, 6.45) is 1.72. The average molecular weight is 240 g/mol. The number of phenols is 1. The van der Waals surface area contributed by atoms with E-state index in [1.807, 2.05) is 18.2 Å². The summed E-state index contributed by atoms with van der Waals surface area (Å²) >= 11 is 0. The Kier molecular flexibility index (Phi) is 2.48. The molecule has 0 bridgehead atoms. The molecular formula is C14H12N2O2. The fraction of sp³-hybridized carbons (Fsp3) is 0.143. The van der Waals surface area contributed by atoms with Gasteiger partial charge >= 0.3 is 0 Å². The lowest BCUT2D eigenvalue weighted by atomic mass is 10.1. The van der Waals surface area contributed by atoms with E-state index in [1.165, 1.54) is 0 Å². The van der Waals surface area contributed by atoms with Crippen LogP contribution in [0.1, 0.15) is 21.6 Å². The van der Waals surface area contributed by atoms with E-state index in [0.29, 0.717) is 18.7 Å². The predicted molar refractivity (Wildman–Crippen MR) is 65.9 cm³/mol. The Bertz CT molecular complexity index is 596. The van der Waals surface area contributed by atoms with Gasteiger partial charge in [0, 0.05) is 18.3 Å². The Hall–Kier alpha value is -2.36. The third-order valence-corrected chi connectivity index (χ3v) is 3.05. The molecule has 3 rings (SSSR count). The van der Waals surface area contributed by atoms with Crippen LogP contribution in [0.3, 0.4) is 0 Å². The molecule has 0 saturated carbocycles. The van der Waals surface area contributed by atoms with Gasteiger partial charge in [0.1, 0.15) is 5.75 Å². The molecule has 2 heterocycles. The Labute approximate surface area is 105 Å². The minimum Gasteiger partial charge on any atom is -0.508 e. The number of phenolic OH excluding ortho intramolecular Hbond substituents is 1. The SMILES string of the molecule is O=C1c2ccc(O)cc2CN1Cc1ccccn1. The first kappa shape index (κ1) is 10.8. The number of aromatic hydroxyl groups is 1. The Morgan fingerprint density at radius 3 is 2.94 bits per heavy atom. The quantitative estimate of drug-likeness (QED) is 0.872. The van der Waals surface area contributed by atoms with Gasteiger partial charge in [0.25, 0.3) is 5.91 Å². The van der Waals surface area contributed by atoms with Gasteiger partial charge in [-0.1, -0.05) is 6.07 Å². The maximum absolute atomic E-state index is 12.1. The average Bonchev–Trinajstić information content (AvgIpc) is 2.67. The van der Waals surface area contributed by atoms with E-state index in [2.05, 4.69) is 4.98 Å². The van der Waals surface area contributed by atoms with E-state index in [1.54, 1.807) is 29.3 Å². The molecule has 4 heteroatoms. The fourth-order valence-electron chi connectivity index (χ4n) is 2.18. The van der Waals surface area contributed by atoms with Crippen LogP contribution in [0.4, 0.5) is 0 Å². The highest BCUT2D eigenvalue weighted by molar-refractivity contribution is 5.98. The zero-order chi connectivity index (χ0) is 12.5. The molecule has 1 aliphatic rings. The lowest BCUT2D eigenvalue weighted by molar-refractivity contribution is 0.0764. The topological polar surface area (TPSA) is 53.4 Å². The van der Waals surface area contributed by atoms with Crippen LogP contribution in [-0.2, 0) is 13.1 Å². The highest BCUT2D eigenvalue weighted by Gasteiger charge is 2.27. The van der Waals surface area contributed by atoms with Crippen molar-refractivity contribution in [3.05, 3.63) is 59.4 Å². The van der Waals surface area contributed by atoms with Crippen LogP contribution in [0.25, 0.3) is 0 Å². The first-order valence-electron chi connectivity index (χ1n) is 5.75. The lowest BCUT2D eigenvalue weighted by Crippen LogP contribution is -2.23. The Morgan fingerprint density at radius 1 is 1.28 bits per heavy atom. The minimum absolute atomic E-state index is 0.00402. The van der Waals surface area contributed by atoms with Crippen LogP contribution in [-0.4, -0.2) is 20.9 Å². The van der Waals surface area contributed by atoms with E-state index in [0.717, 1.165) is 11.3 Å². The number of carbonyl (C=O) groups excluding carboxylic acids is 1. The molecule has 1 aromatic carbocycles. The molecule has 0 atom stereocenters. The first-order valence-corrected chi connectivity index (χ1v) is 5.75. The van der Waals surface area contributed by atoms with Crippen LogP contribution in [0.2, 0.25) is 0 Å². The third kappa shape index (κ3) is 1.82. The van der Waals surface area contributed by atoms with Crippen molar-refractivity contribution in [2.75, 3.05) is 0 Å². The fourth-order valence-corrected chi connectivity index (χ4v) is 2.18. The second-order valence-electron chi connectivity index (χ2n) is 4.32. The van der Waals surface area contributed by atoms with Crippen LogP contribution in [0, 0.1) is 0 Å². The summed E-state index contributed by atoms with van der Waals surface area (Å²) < 4.78 is 0. The largest absolute Gasteiger partial charge is 0.508 e. The minimum atomic E-state index is -0.00402. The number of aromatic nitrogens is 1. The molecule has 0 fully saturated rings. The second kappa shape index (κ2) is 4.14. The molecule has 1 aromatic heterocycles. The number of fused-ring (bicyclic) bond motifs is 1. The van der Waals surface area contributed by atoms with Gasteiger partial charge in [-0.2, -0.15) is 0 Å². The van der Waals surface area contributed by atoms with Crippen LogP contribution >= 0.6 is 0 Å². The van der Waals surface area contributed by atoms with Gasteiger partial charge in [-0.25, -0.2) is 0 Å². The number of carbonyl (C=O) groups is 1. The molecule has 18 heavy (non-hydrogen) atoms. The van der Waals surface area contributed by atoms with Crippen molar-refractivity contribution in [2.45, 2.75) is 13.1 Å². The standard InChI is InChI=1S/C14H12N2O2/c17-12-4-5-13-10(7-12)8-16(14(13)18)9-11-3-1-2-6-15-11/h1-7,17H,8-9H2. The number of pyridine rings is 1. The maximum atomic E-state index is 12.1. The number of benzene rings is 1. The summed E-state index contributed by atoms with van der Waals surface area (Å²) in [6, 6.07) is 10.5. The molecule has 1 amide bonds. The third-order valence-electron chi connectivity index (χ3n) is 3.05. The molecule has 2 aromatic rings. The van der Waals surface area contributed by atoms with Gasteiger partial charge in [-0.15, -0.1) is 0 Å². The van der Waals surface area contributed by atoms with E-state index >= 15 is 0 Å². The molecule has 1 N–H and O–H groups in total. The molecule has 0 spiro atoms. The number of hydrogen-bond donors (Lipinski definition) is 1. The van der Waals surface area contributed by atoms with Crippen molar-refractivity contribution in [1.29, 1.82) is 0 Å². The highest BCUT2D eigenvalue weighted by Crippen LogP contribution is 2.26. The van der Waals surface area contributed by atoms with Crippen molar-refractivity contribution >= 4 is 5.91 Å². The van der Waals surface area contributed by atoms with Crippen molar-refractivity contribution in [3.63, 3.8) is 0 Å². The van der Waals surface area contributed by atoms with Crippen molar-refractivity contribution in [1.82, 2.24) is 9.88 Å². The van der Waals surface area contributed by atoms with Crippen molar-refractivity contribution < 1.29 is 9.90 Å². The van der Waals surface area contributed by atoms with Crippen molar-refractivity contribution in [3.8, 4) is 5.75 Å². The molecule has 0 saturated heterocycles. The maximum Gasteiger partial charge on any atom is 0.254 e. The summed E-state index contributed by atoms with van der Waals surface area (Å²) in [4.78, 5) is 18.1. The summed E-state index contributed by atoms with van der Waals surface area (Å²) in [5.74, 6) is 0.192. The smallest absolute Gasteiger partial charge is 0.254 e.